The summed E-state index contributed by atoms with van der Waals surface area (Å²) in [5.41, 5.74) is 0. The molecular weight excluding hydrogens is 647 g/mol. The number of nitrogens with one attached hydrogen (secondary N) is 1. The maximum atomic E-state index is 12.7. The van der Waals surface area contributed by atoms with Crippen LogP contribution >= 0.6 is 7.82 Å². The van der Waals surface area contributed by atoms with E-state index < -0.39 is 20.0 Å². The number of carbonyl (C=O) groups is 1. The average Bonchev–Trinajstić information content (AvgIpc) is 3.06. The van der Waals surface area contributed by atoms with Crippen LogP contribution in [0, 0.1) is 0 Å². The van der Waals surface area contributed by atoms with Gasteiger partial charge < -0.3 is 19.8 Å². The Labute approximate surface area is 310 Å². The van der Waals surface area contributed by atoms with Gasteiger partial charge in [0.2, 0.25) is 5.91 Å². The molecule has 0 bridgehead atoms. The lowest BCUT2D eigenvalue weighted by molar-refractivity contribution is -0.870. The summed E-state index contributed by atoms with van der Waals surface area (Å²) in [5, 5.41) is 13.7. The van der Waals surface area contributed by atoms with Gasteiger partial charge in [0.05, 0.1) is 39.9 Å². The van der Waals surface area contributed by atoms with Crippen molar-refractivity contribution in [1.29, 1.82) is 0 Å². The number of hydrogen-bond acceptors (Lipinski definition) is 5. The fourth-order valence-corrected chi connectivity index (χ4v) is 6.84. The van der Waals surface area contributed by atoms with Gasteiger partial charge in [0.25, 0.3) is 0 Å². The Balaban J connectivity index is 4.32. The minimum Gasteiger partial charge on any atom is -0.387 e. The van der Waals surface area contributed by atoms with Crippen LogP contribution in [0.2, 0.25) is 0 Å². The van der Waals surface area contributed by atoms with Gasteiger partial charge in [-0.15, -0.1) is 0 Å². The summed E-state index contributed by atoms with van der Waals surface area (Å²) in [4.78, 5) is 22.9. The summed E-state index contributed by atoms with van der Waals surface area (Å²) in [5.74, 6) is -0.181. The number of quaternary nitrogens is 1. The minimum absolute atomic E-state index is 0.0641. The van der Waals surface area contributed by atoms with Gasteiger partial charge in [-0.05, 0) is 19.3 Å². The normalized spacial score (nSPS) is 14.6. The second-order valence-electron chi connectivity index (χ2n) is 15.7. The maximum absolute atomic E-state index is 12.7. The van der Waals surface area contributed by atoms with Gasteiger partial charge in [-0.2, -0.15) is 0 Å². The van der Waals surface area contributed by atoms with Crippen LogP contribution in [0.4, 0.5) is 0 Å². The van der Waals surface area contributed by atoms with Crippen LogP contribution < -0.4 is 5.32 Å². The third kappa shape index (κ3) is 35.6. The predicted octanol–water partition coefficient (Wildman–Crippen LogP) is 11.2. The zero-order chi connectivity index (χ0) is 37.2. The van der Waals surface area contributed by atoms with Crippen molar-refractivity contribution in [2.75, 3.05) is 40.9 Å². The van der Waals surface area contributed by atoms with E-state index in [2.05, 4.69) is 19.2 Å². The van der Waals surface area contributed by atoms with Crippen LogP contribution in [-0.2, 0) is 18.4 Å². The van der Waals surface area contributed by atoms with Crippen LogP contribution in [0.25, 0.3) is 0 Å². The van der Waals surface area contributed by atoms with Crippen molar-refractivity contribution in [3.05, 3.63) is 12.2 Å². The Morgan fingerprint density at radius 2 is 1.06 bits per heavy atom. The second-order valence-corrected chi connectivity index (χ2v) is 17.2. The highest BCUT2D eigenvalue weighted by Crippen LogP contribution is 2.43. The Hall–Kier alpha value is -0.760. The molecule has 0 spiro atoms. The molecule has 0 aliphatic rings. The number of allylic oxidation sites excluding steroid dienone is 1. The predicted molar refractivity (Wildman–Crippen MR) is 212 cm³/mol. The van der Waals surface area contributed by atoms with Crippen molar-refractivity contribution in [1.82, 2.24) is 5.32 Å². The molecule has 0 aliphatic carbocycles. The quantitative estimate of drug-likeness (QED) is 0.0253. The molecule has 298 valence electrons. The third-order valence-electron chi connectivity index (χ3n) is 9.51. The SMILES string of the molecule is CCCCCCCCCCCCCCCCCCCC/C=C/C(O)C(COP(=O)(O)OCC[N+](C)(C)C)NC(=O)CCCCCCCCCC. The Morgan fingerprint density at radius 3 is 1.48 bits per heavy atom. The van der Waals surface area contributed by atoms with E-state index in [1.54, 1.807) is 6.08 Å². The highest BCUT2D eigenvalue weighted by molar-refractivity contribution is 7.47. The number of unbranched alkanes of at least 4 members (excludes halogenated alkanes) is 25. The van der Waals surface area contributed by atoms with Gasteiger partial charge in [0, 0.05) is 6.42 Å². The van der Waals surface area contributed by atoms with Crippen molar-refractivity contribution < 1.29 is 32.9 Å². The number of nitrogens with zero attached hydrogens (tertiary/aromatic N) is 1. The molecule has 0 heterocycles. The van der Waals surface area contributed by atoms with Gasteiger partial charge in [0.1, 0.15) is 13.2 Å². The molecule has 0 aromatic rings. The van der Waals surface area contributed by atoms with Gasteiger partial charge in [0.15, 0.2) is 0 Å². The molecule has 0 aromatic heterocycles. The van der Waals surface area contributed by atoms with Crippen LogP contribution in [0.5, 0.6) is 0 Å². The number of phosphoric acid groups is 1. The van der Waals surface area contributed by atoms with Crippen molar-refractivity contribution in [2.45, 2.75) is 206 Å². The molecule has 0 rings (SSSR count). The van der Waals surface area contributed by atoms with Gasteiger partial charge in [-0.3, -0.25) is 13.8 Å². The minimum atomic E-state index is -4.32. The van der Waals surface area contributed by atoms with E-state index >= 15 is 0 Å². The Bertz CT molecular complexity index is 834. The smallest absolute Gasteiger partial charge is 0.387 e. The van der Waals surface area contributed by atoms with Gasteiger partial charge in [-0.1, -0.05) is 180 Å². The van der Waals surface area contributed by atoms with Crippen molar-refractivity contribution >= 4 is 13.7 Å². The number of rotatable bonds is 38. The molecule has 8 nitrogen and oxygen atoms in total. The monoisotopic (exact) mass is 732 g/mol. The second kappa shape index (κ2) is 34.0. The topological polar surface area (TPSA) is 105 Å². The van der Waals surface area contributed by atoms with E-state index in [-0.39, 0.29) is 19.1 Å². The highest BCUT2D eigenvalue weighted by atomic mass is 31.2. The molecular formula is C41H84N2O6P+. The highest BCUT2D eigenvalue weighted by Gasteiger charge is 2.27. The van der Waals surface area contributed by atoms with Crippen molar-refractivity contribution in [3.63, 3.8) is 0 Å². The van der Waals surface area contributed by atoms with E-state index in [4.69, 9.17) is 9.05 Å². The summed E-state index contributed by atoms with van der Waals surface area (Å²) in [6, 6.07) is -0.837. The first-order chi connectivity index (χ1) is 24.0. The van der Waals surface area contributed by atoms with E-state index in [0.717, 1.165) is 32.1 Å². The third-order valence-corrected chi connectivity index (χ3v) is 10.5. The molecule has 0 aromatic carbocycles. The summed E-state index contributed by atoms with van der Waals surface area (Å²) < 4.78 is 23.4. The zero-order valence-electron chi connectivity index (χ0n) is 33.7. The average molecular weight is 732 g/mol. The van der Waals surface area contributed by atoms with Gasteiger partial charge >= 0.3 is 7.82 Å². The van der Waals surface area contributed by atoms with E-state index in [1.807, 2.05) is 27.2 Å². The largest absolute Gasteiger partial charge is 0.472 e. The molecule has 1 amide bonds. The summed E-state index contributed by atoms with van der Waals surface area (Å²) in [6.45, 7) is 4.78. The molecule has 0 saturated heterocycles. The number of phosphoric ester groups is 1. The van der Waals surface area contributed by atoms with E-state index in [1.165, 1.54) is 141 Å². The molecule has 0 aliphatic heterocycles. The molecule has 0 saturated carbocycles. The number of aliphatic hydroxyl groups is 1. The molecule has 3 unspecified atom stereocenters. The molecule has 0 radical (unpaired) electrons. The lowest BCUT2D eigenvalue weighted by Gasteiger charge is -2.25. The summed E-state index contributed by atoms with van der Waals surface area (Å²) in [7, 11) is 1.58. The summed E-state index contributed by atoms with van der Waals surface area (Å²) >= 11 is 0. The number of hydrogen-bond donors (Lipinski definition) is 3. The molecule has 9 heteroatoms. The Morgan fingerprint density at radius 1 is 0.660 bits per heavy atom. The standard InChI is InChI=1S/C41H83N2O6P/c1-6-8-10-12-14-16-17-18-19-20-21-22-23-24-25-26-27-28-30-32-34-40(44)39(38-49-50(46,47)48-37-36-43(3,4)5)42-41(45)35-33-31-29-15-13-11-9-7-2/h32,34,39-40,44H,6-31,33,35-38H2,1-5H3,(H-,42,45,46,47)/p+1/b34-32+. The number of aliphatic hydroxyl groups excluding tert-OH is 1. The first kappa shape index (κ1) is 49.2. The first-order valence-electron chi connectivity index (χ1n) is 21.1. The van der Waals surface area contributed by atoms with E-state index in [0.29, 0.717) is 17.4 Å². The first-order valence-corrected chi connectivity index (χ1v) is 22.6. The van der Waals surface area contributed by atoms with Crippen LogP contribution in [0.1, 0.15) is 194 Å². The number of likely N-dealkylation sites (N-methyl/N-ethyl adjacent to an activating group) is 1. The lowest BCUT2D eigenvalue weighted by Crippen LogP contribution is -2.45. The number of amides is 1. The fourth-order valence-electron chi connectivity index (χ4n) is 6.10. The van der Waals surface area contributed by atoms with Gasteiger partial charge in [-0.25, -0.2) is 4.57 Å². The van der Waals surface area contributed by atoms with Crippen LogP contribution in [0.15, 0.2) is 12.2 Å². The fraction of sp³-hybridized carbons (Fsp3) is 0.927. The molecule has 3 N–H and O–H groups in total. The van der Waals surface area contributed by atoms with Crippen LogP contribution in [-0.4, -0.2) is 73.4 Å². The molecule has 3 atom stereocenters. The van der Waals surface area contributed by atoms with E-state index in [9.17, 15) is 19.4 Å². The van der Waals surface area contributed by atoms with Crippen molar-refractivity contribution in [3.8, 4) is 0 Å². The Kier molecular flexibility index (Phi) is 33.5. The summed E-state index contributed by atoms with van der Waals surface area (Å²) in [6.07, 6.45) is 37.2. The molecule has 0 fully saturated rings. The van der Waals surface area contributed by atoms with Crippen molar-refractivity contribution in [2.24, 2.45) is 0 Å². The zero-order valence-corrected chi connectivity index (χ0v) is 34.5. The van der Waals surface area contributed by atoms with Crippen LogP contribution in [0.3, 0.4) is 0 Å². The molecule has 50 heavy (non-hydrogen) atoms. The number of carbonyl (C=O) groups excluding carboxylic acids is 1. The maximum Gasteiger partial charge on any atom is 0.472 e. The lowest BCUT2D eigenvalue weighted by atomic mass is 10.0.